The van der Waals surface area contributed by atoms with Crippen LogP contribution in [0.5, 0.6) is 0 Å². The second-order valence-electron chi connectivity index (χ2n) is 6.18. The Kier molecular flexibility index (Phi) is 7.89. The van der Waals surface area contributed by atoms with Crippen molar-refractivity contribution in [1.82, 2.24) is 0 Å². The van der Waals surface area contributed by atoms with E-state index in [1.54, 1.807) is 24.3 Å². The molecule has 0 radical (unpaired) electrons. The van der Waals surface area contributed by atoms with Gasteiger partial charge in [0, 0.05) is 27.3 Å². The Hall–Kier alpha value is -1.60. The SMILES string of the molecule is C=CC(CC/C=C/Cc1ccc(S(=O)(=O)Cl)cc1)c1ccc(S(=O)(=O)Cl)cc1. The minimum Gasteiger partial charge on any atom is -0.207 e. The van der Waals surface area contributed by atoms with Crippen LogP contribution in [0.15, 0.2) is 83.1 Å². The lowest BCUT2D eigenvalue weighted by molar-refractivity contribution is 0.608. The van der Waals surface area contributed by atoms with Crippen LogP contribution in [0.3, 0.4) is 0 Å². The van der Waals surface area contributed by atoms with Crippen LogP contribution < -0.4 is 0 Å². The number of benzene rings is 2. The second kappa shape index (κ2) is 9.74. The van der Waals surface area contributed by atoms with E-state index in [0.717, 1.165) is 24.0 Å². The first-order valence-electron chi connectivity index (χ1n) is 8.47. The summed E-state index contributed by atoms with van der Waals surface area (Å²) in [7, 11) is 3.21. The van der Waals surface area contributed by atoms with E-state index >= 15 is 0 Å². The van der Waals surface area contributed by atoms with Crippen LogP contribution in [-0.4, -0.2) is 16.8 Å². The molecule has 150 valence electrons. The van der Waals surface area contributed by atoms with E-state index in [-0.39, 0.29) is 15.7 Å². The third-order valence-electron chi connectivity index (χ3n) is 4.24. The topological polar surface area (TPSA) is 68.3 Å². The van der Waals surface area contributed by atoms with Crippen molar-refractivity contribution in [1.29, 1.82) is 0 Å². The molecule has 1 atom stereocenters. The molecule has 4 nitrogen and oxygen atoms in total. The molecule has 0 spiro atoms. The smallest absolute Gasteiger partial charge is 0.207 e. The summed E-state index contributed by atoms with van der Waals surface area (Å²) in [6.45, 7) is 3.85. The van der Waals surface area contributed by atoms with Crippen molar-refractivity contribution < 1.29 is 16.8 Å². The van der Waals surface area contributed by atoms with Gasteiger partial charge in [-0.25, -0.2) is 16.8 Å². The maximum atomic E-state index is 11.3. The zero-order valence-corrected chi connectivity index (χ0v) is 18.1. The average Bonchev–Trinajstić information content (AvgIpc) is 2.64. The highest BCUT2D eigenvalue weighted by Crippen LogP contribution is 2.25. The number of rotatable bonds is 9. The van der Waals surface area contributed by atoms with E-state index < -0.39 is 18.1 Å². The molecule has 0 aliphatic rings. The number of hydrogen-bond donors (Lipinski definition) is 0. The summed E-state index contributed by atoms with van der Waals surface area (Å²) in [5.74, 6) is 0.102. The van der Waals surface area contributed by atoms with Gasteiger partial charge in [0.05, 0.1) is 9.79 Å². The molecule has 8 heteroatoms. The van der Waals surface area contributed by atoms with Crippen LogP contribution in [0.1, 0.15) is 29.9 Å². The summed E-state index contributed by atoms with van der Waals surface area (Å²) in [5, 5.41) is 0. The fourth-order valence-corrected chi connectivity index (χ4v) is 4.24. The van der Waals surface area contributed by atoms with Crippen molar-refractivity contribution in [2.75, 3.05) is 0 Å². The van der Waals surface area contributed by atoms with Crippen LogP contribution in [0.25, 0.3) is 0 Å². The van der Waals surface area contributed by atoms with Crippen LogP contribution in [0.2, 0.25) is 0 Å². The highest BCUT2D eigenvalue weighted by atomic mass is 35.7. The molecule has 0 fully saturated rings. The molecule has 0 saturated carbocycles. The van der Waals surface area contributed by atoms with Crippen LogP contribution in [0, 0.1) is 0 Å². The number of allylic oxidation sites excluding steroid dienone is 3. The van der Waals surface area contributed by atoms with Crippen molar-refractivity contribution in [2.45, 2.75) is 35.0 Å². The zero-order valence-electron chi connectivity index (χ0n) is 15.0. The molecular weight excluding hydrogens is 439 g/mol. The van der Waals surface area contributed by atoms with Gasteiger partial charge in [-0.3, -0.25) is 0 Å². The van der Waals surface area contributed by atoms with Gasteiger partial charge in [0.25, 0.3) is 18.1 Å². The molecule has 2 aromatic carbocycles. The van der Waals surface area contributed by atoms with Crippen LogP contribution >= 0.6 is 21.4 Å². The minimum absolute atomic E-state index is 0.0774. The minimum atomic E-state index is -3.72. The lowest BCUT2D eigenvalue weighted by Gasteiger charge is -2.12. The van der Waals surface area contributed by atoms with Crippen LogP contribution in [-0.2, 0) is 24.5 Å². The lowest BCUT2D eigenvalue weighted by atomic mass is 9.94. The number of halogens is 2. The Morgan fingerprint density at radius 1 is 0.821 bits per heavy atom. The highest BCUT2D eigenvalue weighted by molar-refractivity contribution is 8.14. The molecule has 0 aromatic heterocycles. The zero-order chi connectivity index (χ0) is 20.8. The van der Waals surface area contributed by atoms with E-state index in [0.29, 0.717) is 6.42 Å². The van der Waals surface area contributed by atoms with Crippen molar-refractivity contribution in [3.05, 3.63) is 84.5 Å². The molecular formula is C20H20Cl2O4S2. The van der Waals surface area contributed by atoms with Gasteiger partial charge in [-0.05, 0) is 54.7 Å². The third-order valence-corrected chi connectivity index (χ3v) is 6.98. The lowest BCUT2D eigenvalue weighted by Crippen LogP contribution is -1.96. The van der Waals surface area contributed by atoms with Crippen molar-refractivity contribution >= 4 is 39.5 Å². The maximum Gasteiger partial charge on any atom is 0.261 e. The van der Waals surface area contributed by atoms with E-state index in [1.165, 1.54) is 24.3 Å². The monoisotopic (exact) mass is 458 g/mol. The Labute approximate surface area is 175 Å². The predicted molar refractivity (Wildman–Crippen MR) is 114 cm³/mol. The van der Waals surface area contributed by atoms with E-state index in [9.17, 15) is 16.8 Å². The molecule has 0 aliphatic heterocycles. The van der Waals surface area contributed by atoms with Gasteiger partial charge >= 0.3 is 0 Å². The van der Waals surface area contributed by atoms with Gasteiger partial charge < -0.3 is 0 Å². The Balaban J connectivity index is 1.89. The van der Waals surface area contributed by atoms with Gasteiger partial charge in [0.1, 0.15) is 0 Å². The standard InChI is InChI=1S/C20H20Cl2O4S2/c1-2-17(18-10-14-20(15-11-18)28(22,25)26)7-5-3-4-6-16-8-12-19(13-9-16)27(21,23)24/h2-4,8-15,17H,1,5-7H2/b4-3+. The molecule has 0 saturated heterocycles. The second-order valence-corrected chi connectivity index (χ2v) is 11.3. The first-order chi connectivity index (χ1) is 13.1. The summed E-state index contributed by atoms with van der Waals surface area (Å²) in [5.41, 5.74) is 1.96. The Bertz CT molecular complexity index is 1040. The van der Waals surface area contributed by atoms with Crippen molar-refractivity contribution in [2.24, 2.45) is 0 Å². The Morgan fingerprint density at radius 3 is 1.79 bits per heavy atom. The number of hydrogen-bond acceptors (Lipinski definition) is 4. The summed E-state index contributed by atoms with van der Waals surface area (Å²) in [6, 6.07) is 12.9. The van der Waals surface area contributed by atoms with Crippen molar-refractivity contribution in [3.8, 4) is 0 Å². The van der Waals surface area contributed by atoms with Crippen molar-refractivity contribution in [3.63, 3.8) is 0 Å². The molecule has 0 heterocycles. The van der Waals surface area contributed by atoms with E-state index in [4.69, 9.17) is 21.4 Å². The summed E-state index contributed by atoms with van der Waals surface area (Å²) in [4.78, 5) is 0.164. The first-order valence-corrected chi connectivity index (χ1v) is 13.1. The quantitative estimate of drug-likeness (QED) is 0.373. The highest BCUT2D eigenvalue weighted by Gasteiger charge is 2.12. The molecule has 2 aromatic rings. The van der Waals surface area contributed by atoms with Gasteiger partial charge in [-0.1, -0.05) is 42.5 Å². The van der Waals surface area contributed by atoms with E-state index in [2.05, 4.69) is 12.7 Å². The Morgan fingerprint density at radius 2 is 1.32 bits per heavy atom. The summed E-state index contributed by atoms with van der Waals surface area (Å²) >= 11 is 0. The molecule has 28 heavy (non-hydrogen) atoms. The van der Waals surface area contributed by atoms with Gasteiger partial charge in [0.2, 0.25) is 0 Å². The molecule has 2 rings (SSSR count). The molecule has 0 bridgehead atoms. The molecule has 0 aliphatic carbocycles. The fraction of sp³-hybridized carbons (Fsp3) is 0.200. The summed E-state index contributed by atoms with van der Waals surface area (Å²) < 4.78 is 45.1. The molecule has 1 unspecified atom stereocenters. The molecule has 0 N–H and O–H groups in total. The predicted octanol–water partition coefficient (Wildman–Crippen LogP) is 5.39. The normalized spacial score (nSPS) is 13.5. The first kappa shape index (κ1) is 22.7. The van der Waals surface area contributed by atoms with Gasteiger partial charge in [-0.2, -0.15) is 0 Å². The van der Waals surface area contributed by atoms with Crippen LogP contribution in [0.4, 0.5) is 0 Å². The third kappa shape index (κ3) is 6.78. The average molecular weight is 459 g/mol. The molecule has 0 amide bonds. The van der Waals surface area contributed by atoms with E-state index in [1.807, 2.05) is 12.2 Å². The summed E-state index contributed by atoms with van der Waals surface area (Å²) in [6.07, 6.45) is 8.25. The fourth-order valence-electron chi connectivity index (χ4n) is 2.70. The largest absolute Gasteiger partial charge is 0.261 e. The van der Waals surface area contributed by atoms with Gasteiger partial charge in [0.15, 0.2) is 0 Å². The van der Waals surface area contributed by atoms with Gasteiger partial charge in [-0.15, -0.1) is 6.58 Å². The maximum absolute atomic E-state index is 11.3.